The van der Waals surface area contributed by atoms with Crippen molar-refractivity contribution in [2.45, 2.75) is 12.3 Å². The third-order valence-corrected chi connectivity index (χ3v) is 9.26. The van der Waals surface area contributed by atoms with Crippen LogP contribution < -0.4 is 9.75 Å². The van der Waals surface area contributed by atoms with Crippen LogP contribution in [0.5, 0.6) is 0 Å². The summed E-state index contributed by atoms with van der Waals surface area (Å²) in [6, 6.07) is 31.5. The Morgan fingerprint density at radius 3 is 2.13 bits per heavy atom. The predicted octanol–water partition coefficient (Wildman–Crippen LogP) is 8.77. The van der Waals surface area contributed by atoms with E-state index in [1.807, 2.05) is 23.5 Å². The van der Waals surface area contributed by atoms with E-state index in [1.165, 1.54) is 68.9 Å². The molecule has 0 spiro atoms. The van der Waals surface area contributed by atoms with Gasteiger partial charge in [0.1, 0.15) is 0 Å². The van der Waals surface area contributed by atoms with E-state index in [0.717, 1.165) is 6.42 Å². The van der Waals surface area contributed by atoms with Crippen LogP contribution in [0.25, 0.3) is 60.1 Å². The van der Waals surface area contributed by atoms with Crippen molar-refractivity contribution in [2.24, 2.45) is 0 Å². The number of hydrogen-bond donors (Lipinski definition) is 0. The first-order chi connectivity index (χ1) is 18.8. The smallest absolute Gasteiger partial charge is 0.0433 e. The van der Waals surface area contributed by atoms with Crippen LogP contribution in [0.4, 0.5) is 0 Å². The monoisotopic (exact) mass is 500 g/mol. The fourth-order valence-corrected chi connectivity index (χ4v) is 7.47. The van der Waals surface area contributed by atoms with E-state index in [9.17, 15) is 0 Å². The standard InChI is InChI=1S/C37H24S/c1-2-16-33-34-18-9-17-27(37(34)38-36(33)19-3-1)26-11-8-10-24(22-26)25-20-21-32-30-14-5-4-12-28(30)29-13-6-7-15-31(29)35(32)23-25/h2-9,11-24H,10H2. The van der Waals surface area contributed by atoms with Gasteiger partial charge in [0.15, 0.2) is 0 Å². The maximum absolute atomic E-state index is 3.20. The van der Waals surface area contributed by atoms with Gasteiger partial charge in [0.25, 0.3) is 0 Å². The van der Waals surface area contributed by atoms with Crippen LogP contribution in [0.15, 0.2) is 121 Å². The Hall–Kier alpha value is -4.42. The second-order valence-corrected chi connectivity index (χ2v) is 11.2. The zero-order valence-corrected chi connectivity index (χ0v) is 21.6. The zero-order valence-electron chi connectivity index (χ0n) is 20.8. The minimum atomic E-state index is 0.349. The minimum Gasteiger partial charge on any atom is -0.135 e. The van der Waals surface area contributed by atoms with E-state index in [4.69, 9.17) is 0 Å². The lowest BCUT2D eigenvalue weighted by Gasteiger charge is -2.19. The summed E-state index contributed by atoms with van der Waals surface area (Å²) < 4.78 is 2.67. The maximum Gasteiger partial charge on any atom is 0.0433 e. The molecule has 1 atom stereocenters. The Labute approximate surface area is 225 Å². The fourth-order valence-electron chi connectivity index (χ4n) is 6.24. The van der Waals surface area contributed by atoms with E-state index >= 15 is 0 Å². The molecule has 2 aliphatic rings. The quantitative estimate of drug-likeness (QED) is 0.165. The first kappa shape index (κ1) is 21.6. The highest BCUT2D eigenvalue weighted by Crippen LogP contribution is 2.39. The van der Waals surface area contributed by atoms with Crippen molar-refractivity contribution in [3.8, 4) is 0 Å². The molecule has 0 fully saturated rings. The summed E-state index contributed by atoms with van der Waals surface area (Å²) in [5, 5.41) is 10.6. The van der Waals surface area contributed by atoms with E-state index in [1.54, 1.807) is 0 Å². The second-order valence-electron chi connectivity index (χ2n) is 10.2. The molecule has 178 valence electrons. The summed E-state index contributed by atoms with van der Waals surface area (Å²) in [5.74, 6) is 0.349. The molecule has 1 heteroatoms. The van der Waals surface area contributed by atoms with Crippen molar-refractivity contribution in [1.82, 2.24) is 0 Å². The van der Waals surface area contributed by atoms with E-state index < -0.39 is 0 Å². The van der Waals surface area contributed by atoms with Crippen LogP contribution in [-0.2, 0) is 0 Å². The molecule has 0 amide bonds. The highest BCUT2D eigenvalue weighted by molar-refractivity contribution is 7.17. The lowest BCUT2D eigenvalue weighted by Crippen LogP contribution is -2.17. The number of fused-ring (bicyclic) bond motifs is 9. The van der Waals surface area contributed by atoms with Crippen molar-refractivity contribution < 1.29 is 0 Å². The first-order valence-electron chi connectivity index (χ1n) is 13.2. The number of allylic oxidation sites excluding steroid dienone is 5. The molecule has 0 aliphatic heterocycles. The molecule has 0 radical (unpaired) electrons. The normalized spacial score (nSPS) is 16.4. The van der Waals surface area contributed by atoms with Gasteiger partial charge in [0.05, 0.1) is 0 Å². The molecule has 1 aromatic heterocycles. The molecule has 5 aromatic carbocycles. The SMILES string of the molecule is C1=CC=c2sc3c(C4=CC(c5ccc6c7ccccc7c7ccccc7c6c5)CC=C4)cccc3c2=CC=1. The largest absolute Gasteiger partial charge is 0.135 e. The van der Waals surface area contributed by atoms with Gasteiger partial charge < -0.3 is 0 Å². The minimum absolute atomic E-state index is 0.349. The third kappa shape index (κ3) is 3.30. The molecule has 2 aliphatic carbocycles. The van der Waals surface area contributed by atoms with Crippen LogP contribution in [-0.4, -0.2) is 0 Å². The summed E-state index contributed by atoms with van der Waals surface area (Å²) in [4.78, 5) is 0. The highest BCUT2D eigenvalue weighted by Gasteiger charge is 2.17. The van der Waals surface area contributed by atoms with Crippen molar-refractivity contribution >= 4 is 71.5 Å². The van der Waals surface area contributed by atoms with Gasteiger partial charge >= 0.3 is 0 Å². The summed E-state index contributed by atoms with van der Waals surface area (Å²) >= 11 is 1.88. The Morgan fingerprint density at radius 1 is 0.658 bits per heavy atom. The number of hydrogen-bond acceptors (Lipinski definition) is 1. The van der Waals surface area contributed by atoms with Crippen molar-refractivity contribution in [3.05, 3.63) is 142 Å². The molecule has 38 heavy (non-hydrogen) atoms. The van der Waals surface area contributed by atoms with Gasteiger partial charge in [-0.25, -0.2) is 0 Å². The van der Waals surface area contributed by atoms with E-state index in [-0.39, 0.29) is 0 Å². The zero-order chi connectivity index (χ0) is 25.1. The maximum atomic E-state index is 3.20. The highest BCUT2D eigenvalue weighted by atomic mass is 32.1. The summed E-state index contributed by atoms with van der Waals surface area (Å²) in [6.07, 6.45) is 16.6. The van der Waals surface area contributed by atoms with Gasteiger partial charge in [-0.3, -0.25) is 0 Å². The summed E-state index contributed by atoms with van der Waals surface area (Å²) in [7, 11) is 0. The molecule has 0 N–H and O–H groups in total. The molecule has 0 saturated carbocycles. The predicted molar refractivity (Wildman–Crippen MR) is 166 cm³/mol. The molecule has 8 rings (SSSR count). The fraction of sp³-hybridized carbons (Fsp3) is 0.0541. The Morgan fingerprint density at radius 2 is 1.34 bits per heavy atom. The molecule has 0 saturated heterocycles. The summed E-state index contributed by atoms with van der Waals surface area (Å²) in [6.45, 7) is 0. The van der Waals surface area contributed by atoms with Gasteiger partial charge in [0, 0.05) is 25.8 Å². The van der Waals surface area contributed by atoms with E-state index in [0.29, 0.717) is 5.92 Å². The van der Waals surface area contributed by atoms with Gasteiger partial charge in [-0.05, 0) is 85.8 Å². The summed E-state index contributed by atoms with van der Waals surface area (Å²) in [5.41, 5.74) is 7.23. The number of rotatable bonds is 2. The van der Waals surface area contributed by atoms with Crippen molar-refractivity contribution in [1.29, 1.82) is 0 Å². The molecule has 0 bridgehead atoms. The molecule has 1 heterocycles. The van der Waals surface area contributed by atoms with Gasteiger partial charge in [0.2, 0.25) is 0 Å². The van der Waals surface area contributed by atoms with Crippen molar-refractivity contribution in [3.63, 3.8) is 0 Å². The Bertz CT molecular complexity index is 2160. The number of benzene rings is 5. The van der Waals surface area contributed by atoms with Crippen LogP contribution in [0.2, 0.25) is 0 Å². The third-order valence-electron chi connectivity index (χ3n) is 8.04. The molecule has 1 unspecified atom stereocenters. The topological polar surface area (TPSA) is 0 Å². The van der Waals surface area contributed by atoms with E-state index in [2.05, 4.69) is 121 Å². The average Bonchev–Trinajstić information content (AvgIpc) is 3.17. The van der Waals surface area contributed by atoms with Gasteiger partial charge in [-0.15, -0.1) is 17.1 Å². The molecule has 6 aromatic rings. The first-order valence-corrected chi connectivity index (χ1v) is 14.0. The Balaban J connectivity index is 1.30. The Kier molecular flexibility index (Phi) is 4.88. The van der Waals surface area contributed by atoms with Crippen LogP contribution >= 0.6 is 11.3 Å². The average molecular weight is 501 g/mol. The second kappa shape index (κ2) is 8.57. The lowest BCUT2D eigenvalue weighted by atomic mass is 9.85. The van der Waals surface area contributed by atoms with Gasteiger partial charge in [-0.1, -0.05) is 97.1 Å². The van der Waals surface area contributed by atoms with Crippen molar-refractivity contribution in [2.75, 3.05) is 0 Å². The molecule has 0 nitrogen and oxygen atoms in total. The van der Waals surface area contributed by atoms with Crippen LogP contribution in [0.1, 0.15) is 23.5 Å². The molecular formula is C37H24S. The lowest BCUT2D eigenvalue weighted by molar-refractivity contribution is 0.859. The number of thiophene rings is 1. The molecular weight excluding hydrogens is 476 g/mol. The van der Waals surface area contributed by atoms with Crippen LogP contribution in [0, 0.1) is 0 Å². The van der Waals surface area contributed by atoms with Crippen LogP contribution in [0.3, 0.4) is 0 Å². The van der Waals surface area contributed by atoms with Gasteiger partial charge in [-0.2, -0.15) is 0 Å².